The van der Waals surface area contributed by atoms with Gasteiger partial charge in [-0.3, -0.25) is 4.99 Å². The number of aliphatic imine (C=N–C) groups is 1. The molecular formula is C22H28IN5S2. The first-order valence-corrected chi connectivity index (χ1v) is 11.7. The quantitative estimate of drug-likeness (QED) is 0.261. The lowest BCUT2D eigenvalue weighted by atomic mass is 10.1. The van der Waals surface area contributed by atoms with Gasteiger partial charge in [0.1, 0.15) is 5.01 Å². The number of benzene rings is 1. The SMILES string of the molecule is CN=C(NCc1sc(-c2ccccc2)nc1C)NC1CCN(c2cccs2)CC1.I. The summed E-state index contributed by atoms with van der Waals surface area (Å²) in [4.78, 5) is 12.9. The molecule has 0 unspecified atom stereocenters. The molecule has 0 radical (unpaired) electrons. The number of thiazole rings is 1. The van der Waals surface area contributed by atoms with Gasteiger partial charge in [0.05, 0.1) is 17.2 Å². The van der Waals surface area contributed by atoms with Crippen molar-refractivity contribution in [3.8, 4) is 10.6 Å². The first-order chi connectivity index (χ1) is 14.2. The molecule has 1 aromatic carbocycles. The highest BCUT2D eigenvalue weighted by Gasteiger charge is 2.21. The zero-order chi connectivity index (χ0) is 20.1. The van der Waals surface area contributed by atoms with E-state index >= 15 is 0 Å². The van der Waals surface area contributed by atoms with E-state index in [1.807, 2.05) is 24.5 Å². The number of aryl methyl sites for hydroxylation is 1. The summed E-state index contributed by atoms with van der Waals surface area (Å²) in [6.07, 6.45) is 2.24. The van der Waals surface area contributed by atoms with Crippen LogP contribution < -0.4 is 15.5 Å². The fourth-order valence-corrected chi connectivity index (χ4v) is 5.34. The molecule has 4 rings (SSSR count). The van der Waals surface area contributed by atoms with E-state index in [-0.39, 0.29) is 24.0 Å². The van der Waals surface area contributed by atoms with Gasteiger partial charge < -0.3 is 15.5 Å². The van der Waals surface area contributed by atoms with Crippen LogP contribution >= 0.6 is 46.7 Å². The summed E-state index contributed by atoms with van der Waals surface area (Å²) in [6, 6.07) is 15.2. The highest BCUT2D eigenvalue weighted by molar-refractivity contribution is 14.0. The van der Waals surface area contributed by atoms with Gasteiger partial charge in [-0.25, -0.2) is 4.98 Å². The molecule has 8 heteroatoms. The topological polar surface area (TPSA) is 52.6 Å². The van der Waals surface area contributed by atoms with E-state index in [0.717, 1.165) is 49.1 Å². The van der Waals surface area contributed by atoms with E-state index in [1.165, 1.54) is 15.4 Å². The van der Waals surface area contributed by atoms with Gasteiger partial charge in [0.15, 0.2) is 5.96 Å². The molecule has 0 amide bonds. The Morgan fingerprint density at radius 3 is 2.60 bits per heavy atom. The summed E-state index contributed by atoms with van der Waals surface area (Å²) in [7, 11) is 1.84. The molecule has 5 nitrogen and oxygen atoms in total. The lowest BCUT2D eigenvalue weighted by Gasteiger charge is -2.33. The van der Waals surface area contributed by atoms with E-state index in [2.05, 4.69) is 69.2 Å². The molecule has 1 fully saturated rings. The number of guanidine groups is 1. The van der Waals surface area contributed by atoms with Crippen molar-refractivity contribution < 1.29 is 0 Å². The van der Waals surface area contributed by atoms with Gasteiger partial charge in [-0.1, -0.05) is 30.3 Å². The van der Waals surface area contributed by atoms with Crippen molar-refractivity contribution in [1.29, 1.82) is 0 Å². The van der Waals surface area contributed by atoms with Crippen LogP contribution in [-0.2, 0) is 6.54 Å². The monoisotopic (exact) mass is 553 g/mol. The van der Waals surface area contributed by atoms with E-state index in [9.17, 15) is 0 Å². The molecule has 1 aliphatic rings. The number of hydrogen-bond donors (Lipinski definition) is 2. The number of nitrogens with zero attached hydrogens (tertiary/aromatic N) is 3. The van der Waals surface area contributed by atoms with Crippen LogP contribution in [0.1, 0.15) is 23.4 Å². The van der Waals surface area contributed by atoms with Crippen LogP contribution in [0.15, 0.2) is 52.8 Å². The molecule has 0 saturated carbocycles. The zero-order valence-electron chi connectivity index (χ0n) is 17.3. The van der Waals surface area contributed by atoms with Crippen molar-refractivity contribution in [3.05, 3.63) is 58.4 Å². The number of halogens is 1. The molecule has 0 atom stereocenters. The van der Waals surface area contributed by atoms with Crippen LogP contribution in [0.3, 0.4) is 0 Å². The Hall–Kier alpha value is -1.65. The third-order valence-electron chi connectivity index (χ3n) is 5.21. The minimum absolute atomic E-state index is 0. The summed E-state index contributed by atoms with van der Waals surface area (Å²) in [5, 5.41) is 11.7. The van der Waals surface area contributed by atoms with Gasteiger partial charge in [-0.2, -0.15) is 0 Å². The molecular weight excluding hydrogens is 525 g/mol. The molecule has 0 bridgehead atoms. The Morgan fingerprint density at radius 2 is 1.93 bits per heavy atom. The number of piperidine rings is 1. The second-order valence-corrected chi connectivity index (χ2v) is 9.19. The highest BCUT2D eigenvalue weighted by atomic mass is 127. The Morgan fingerprint density at radius 1 is 1.17 bits per heavy atom. The van der Waals surface area contributed by atoms with Gasteiger partial charge in [-0.05, 0) is 37.3 Å². The van der Waals surface area contributed by atoms with Crippen LogP contribution in [0.4, 0.5) is 5.00 Å². The number of rotatable bonds is 5. The van der Waals surface area contributed by atoms with Crippen molar-refractivity contribution in [2.24, 2.45) is 4.99 Å². The van der Waals surface area contributed by atoms with Crippen molar-refractivity contribution in [1.82, 2.24) is 15.6 Å². The summed E-state index contributed by atoms with van der Waals surface area (Å²) < 4.78 is 0. The molecule has 1 aliphatic heterocycles. The van der Waals surface area contributed by atoms with E-state index in [0.29, 0.717) is 6.04 Å². The average molecular weight is 554 g/mol. The Labute approximate surface area is 203 Å². The van der Waals surface area contributed by atoms with Gasteiger partial charge in [0, 0.05) is 36.6 Å². The number of nitrogens with one attached hydrogen (secondary N) is 2. The Bertz CT molecular complexity index is 932. The predicted molar refractivity (Wildman–Crippen MR) is 141 cm³/mol. The molecule has 160 valence electrons. The molecule has 3 aromatic rings. The second kappa shape index (κ2) is 11.1. The number of thiophene rings is 1. The highest BCUT2D eigenvalue weighted by Crippen LogP contribution is 2.28. The van der Waals surface area contributed by atoms with E-state index in [1.54, 1.807) is 11.3 Å². The van der Waals surface area contributed by atoms with Gasteiger partial charge >= 0.3 is 0 Å². The third-order valence-corrected chi connectivity index (χ3v) is 7.34. The summed E-state index contributed by atoms with van der Waals surface area (Å²) in [5.41, 5.74) is 2.26. The number of hydrogen-bond acceptors (Lipinski definition) is 5. The van der Waals surface area contributed by atoms with Gasteiger partial charge in [-0.15, -0.1) is 46.7 Å². The van der Waals surface area contributed by atoms with Crippen LogP contribution in [-0.4, -0.2) is 37.1 Å². The van der Waals surface area contributed by atoms with Crippen molar-refractivity contribution in [3.63, 3.8) is 0 Å². The van der Waals surface area contributed by atoms with E-state index < -0.39 is 0 Å². The zero-order valence-corrected chi connectivity index (χ0v) is 21.3. The normalized spacial score (nSPS) is 15.0. The fraction of sp³-hybridized carbons (Fsp3) is 0.364. The molecule has 2 N–H and O–H groups in total. The standard InChI is InChI=1S/C22H27N5S2.HI/c1-16-19(29-21(25-16)17-7-4-3-5-8-17)15-24-22(23-2)26-18-10-12-27(13-11-18)20-9-6-14-28-20;/h3-9,14,18H,10-13,15H2,1-2H3,(H2,23,24,26);1H. The third kappa shape index (κ3) is 5.73. The minimum atomic E-state index is 0. The minimum Gasteiger partial charge on any atom is -0.363 e. The van der Waals surface area contributed by atoms with Crippen LogP contribution in [0.2, 0.25) is 0 Å². The molecule has 3 heterocycles. The van der Waals surface area contributed by atoms with Crippen molar-refractivity contribution >= 4 is 57.6 Å². The molecule has 1 saturated heterocycles. The number of aromatic nitrogens is 1. The number of anilines is 1. The maximum atomic E-state index is 4.75. The van der Waals surface area contributed by atoms with E-state index in [4.69, 9.17) is 4.98 Å². The first kappa shape index (κ1) is 23.0. The maximum absolute atomic E-state index is 4.75. The summed E-state index contributed by atoms with van der Waals surface area (Å²) in [5.74, 6) is 0.869. The molecule has 0 spiro atoms. The van der Waals surface area contributed by atoms with Gasteiger partial charge in [0.25, 0.3) is 0 Å². The maximum Gasteiger partial charge on any atom is 0.191 e. The average Bonchev–Trinajstić information content (AvgIpc) is 3.42. The summed E-state index contributed by atoms with van der Waals surface area (Å²) in [6.45, 7) is 4.99. The molecule has 2 aromatic heterocycles. The smallest absolute Gasteiger partial charge is 0.191 e. The Balaban J connectivity index is 0.00000256. The lowest BCUT2D eigenvalue weighted by Crippen LogP contribution is -2.48. The van der Waals surface area contributed by atoms with Crippen LogP contribution in [0.25, 0.3) is 10.6 Å². The van der Waals surface area contributed by atoms with Gasteiger partial charge in [0.2, 0.25) is 0 Å². The fourth-order valence-electron chi connectivity index (χ4n) is 3.54. The molecule has 0 aliphatic carbocycles. The predicted octanol–water partition coefficient (Wildman–Crippen LogP) is 5.13. The van der Waals surface area contributed by atoms with Crippen molar-refractivity contribution in [2.45, 2.75) is 32.4 Å². The van der Waals surface area contributed by atoms with Crippen LogP contribution in [0.5, 0.6) is 0 Å². The first-order valence-electron chi connectivity index (χ1n) is 10.0. The lowest BCUT2D eigenvalue weighted by molar-refractivity contribution is 0.463. The Kier molecular flexibility index (Phi) is 8.52. The molecule has 30 heavy (non-hydrogen) atoms. The summed E-state index contributed by atoms with van der Waals surface area (Å²) >= 11 is 3.57. The second-order valence-electron chi connectivity index (χ2n) is 7.18. The van der Waals surface area contributed by atoms with Crippen molar-refractivity contribution in [2.75, 3.05) is 25.0 Å². The largest absolute Gasteiger partial charge is 0.363 e. The van der Waals surface area contributed by atoms with Crippen LogP contribution in [0, 0.1) is 6.92 Å².